The smallest absolute Gasteiger partial charge is 0.243 e. The number of nitrogens with zero attached hydrogens (tertiary/aromatic N) is 2. The molecule has 4 nitrogen and oxygen atoms in total. The number of piperazine rings is 1. The van der Waals surface area contributed by atoms with Gasteiger partial charge in [0.15, 0.2) is 0 Å². The number of aryl methyl sites for hydroxylation is 1. The van der Waals surface area contributed by atoms with Crippen molar-refractivity contribution in [3.8, 4) is 0 Å². The molecular weight excluding hydrogens is 308 g/mol. The number of rotatable bonds is 3. The first kappa shape index (κ1) is 15.6. The standard InChI is InChI=1S/C18H26N2O2S/c1-14-2-6-17(7-3-14)23(21,22)20-10-8-19(9-11-20)18-13-15-4-5-16(18)12-15/h2-3,6-7,15-16,18H,4-5,8-13H2,1H3/t15-,16+,18+/m0/s1. The van der Waals surface area contributed by atoms with Gasteiger partial charge in [0, 0.05) is 32.2 Å². The van der Waals surface area contributed by atoms with Crippen molar-refractivity contribution in [3.63, 3.8) is 0 Å². The first-order valence-electron chi connectivity index (χ1n) is 8.85. The summed E-state index contributed by atoms with van der Waals surface area (Å²) in [6.45, 7) is 5.01. The summed E-state index contributed by atoms with van der Waals surface area (Å²) in [5.41, 5.74) is 1.09. The van der Waals surface area contributed by atoms with Gasteiger partial charge in [-0.3, -0.25) is 4.90 Å². The van der Waals surface area contributed by atoms with Crippen molar-refractivity contribution >= 4 is 10.0 Å². The van der Waals surface area contributed by atoms with E-state index in [1.807, 2.05) is 19.1 Å². The number of fused-ring (bicyclic) bond motifs is 2. The summed E-state index contributed by atoms with van der Waals surface area (Å²) in [7, 11) is -3.33. The first-order valence-corrected chi connectivity index (χ1v) is 10.3. The average Bonchev–Trinajstić information content (AvgIpc) is 3.18. The second-order valence-corrected chi connectivity index (χ2v) is 9.43. The first-order chi connectivity index (χ1) is 11.0. The fourth-order valence-corrected chi connectivity index (χ4v) is 6.22. The predicted octanol–water partition coefficient (Wildman–Crippen LogP) is 2.49. The van der Waals surface area contributed by atoms with E-state index in [1.54, 1.807) is 16.4 Å². The molecule has 0 radical (unpaired) electrons. The highest BCUT2D eigenvalue weighted by Crippen LogP contribution is 2.46. The van der Waals surface area contributed by atoms with Gasteiger partial charge in [-0.15, -0.1) is 0 Å². The zero-order chi connectivity index (χ0) is 16.0. The Kier molecular flexibility index (Phi) is 3.98. The number of hydrogen-bond acceptors (Lipinski definition) is 3. The molecule has 2 aliphatic carbocycles. The van der Waals surface area contributed by atoms with Gasteiger partial charge in [-0.05, 0) is 50.2 Å². The Balaban J connectivity index is 1.42. The maximum absolute atomic E-state index is 12.8. The van der Waals surface area contributed by atoms with E-state index in [0.29, 0.717) is 18.0 Å². The van der Waals surface area contributed by atoms with Crippen LogP contribution in [0.15, 0.2) is 29.2 Å². The molecule has 1 saturated heterocycles. The van der Waals surface area contributed by atoms with Gasteiger partial charge in [-0.1, -0.05) is 24.1 Å². The summed E-state index contributed by atoms with van der Waals surface area (Å²) in [5, 5.41) is 0. The van der Waals surface area contributed by atoms with Gasteiger partial charge in [-0.2, -0.15) is 4.31 Å². The lowest BCUT2D eigenvalue weighted by Crippen LogP contribution is -2.53. The molecule has 1 heterocycles. The normalized spacial score (nSPS) is 32.5. The van der Waals surface area contributed by atoms with Crippen LogP contribution in [0.5, 0.6) is 0 Å². The summed E-state index contributed by atoms with van der Waals surface area (Å²) in [6.07, 6.45) is 5.56. The maximum atomic E-state index is 12.8. The Bertz CT molecular complexity index is 663. The van der Waals surface area contributed by atoms with Crippen molar-refractivity contribution in [1.29, 1.82) is 0 Å². The molecule has 0 amide bonds. The molecule has 3 fully saturated rings. The molecule has 0 unspecified atom stereocenters. The Morgan fingerprint density at radius 1 is 0.957 bits per heavy atom. The van der Waals surface area contributed by atoms with Gasteiger partial charge < -0.3 is 0 Å². The molecule has 23 heavy (non-hydrogen) atoms. The molecule has 1 aromatic rings. The van der Waals surface area contributed by atoms with Gasteiger partial charge in [0.1, 0.15) is 0 Å². The fourth-order valence-electron chi connectivity index (χ4n) is 4.79. The third-order valence-corrected chi connectivity index (χ3v) is 8.01. The fraction of sp³-hybridized carbons (Fsp3) is 0.667. The summed E-state index contributed by atoms with van der Waals surface area (Å²) in [6, 6.07) is 7.93. The zero-order valence-electron chi connectivity index (χ0n) is 13.8. The summed E-state index contributed by atoms with van der Waals surface area (Å²) in [4.78, 5) is 2.99. The van der Waals surface area contributed by atoms with Crippen LogP contribution >= 0.6 is 0 Å². The largest absolute Gasteiger partial charge is 0.297 e. The Morgan fingerprint density at radius 3 is 2.22 bits per heavy atom. The Morgan fingerprint density at radius 2 is 1.65 bits per heavy atom. The second-order valence-electron chi connectivity index (χ2n) is 7.50. The molecule has 3 aliphatic rings. The monoisotopic (exact) mass is 334 g/mol. The third kappa shape index (κ3) is 2.83. The molecule has 0 aromatic heterocycles. The zero-order valence-corrected chi connectivity index (χ0v) is 14.6. The average molecular weight is 334 g/mol. The van der Waals surface area contributed by atoms with E-state index in [0.717, 1.165) is 36.5 Å². The molecule has 5 heteroatoms. The second kappa shape index (κ2) is 5.87. The van der Waals surface area contributed by atoms with Gasteiger partial charge in [-0.25, -0.2) is 8.42 Å². The van der Waals surface area contributed by atoms with E-state index in [-0.39, 0.29) is 0 Å². The van der Waals surface area contributed by atoms with Crippen LogP contribution in [0.25, 0.3) is 0 Å². The molecular formula is C18H26N2O2S. The van der Waals surface area contributed by atoms with E-state index >= 15 is 0 Å². The van der Waals surface area contributed by atoms with Crippen molar-refractivity contribution in [2.24, 2.45) is 11.8 Å². The Hall–Kier alpha value is -0.910. The minimum Gasteiger partial charge on any atom is -0.297 e. The molecule has 126 valence electrons. The van der Waals surface area contributed by atoms with Crippen LogP contribution in [0.2, 0.25) is 0 Å². The predicted molar refractivity (Wildman–Crippen MR) is 90.7 cm³/mol. The van der Waals surface area contributed by atoms with E-state index in [2.05, 4.69) is 4.90 Å². The van der Waals surface area contributed by atoms with Crippen LogP contribution < -0.4 is 0 Å². The lowest BCUT2D eigenvalue weighted by Gasteiger charge is -2.40. The lowest BCUT2D eigenvalue weighted by molar-refractivity contribution is 0.101. The van der Waals surface area contributed by atoms with Gasteiger partial charge in [0.2, 0.25) is 10.0 Å². The minimum absolute atomic E-state index is 0.427. The van der Waals surface area contributed by atoms with Gasteiger partial charge in [0.25, 0.3) is 0 Å². The van der Waals surface area contributed by atoms with E-state index in [9.17, 15) is 8.42 Å². The minimum atomic E-state index is -3.33. The lowest BCUT2D eigenvalue weighted by atomic mass is 9.93. The topological polar surface area (TPSA) is 40.6 Å². The van der Waals surface area contributed by atoms with Crippen molar-refractivity contribution in [1.82, 2.24) is 9.21 Å². The molecule has 2 bridgehead atoms. The van der Waals surface area contributed by atoms with Crippen LogP contribution in [0, 0.1) is 18.8 Å². The van der Waals surface area contributed by atoms with Crippen LogP contribution in [0.4, 0.5) is 0 Å². The highest BCUT2D eigenvalue weighted by molar-refractivity contribution is 7.89. The highest BCUT2D eigenvalue weighted by Gasteiger charge is 2.43. The van der Waals surface area contributed by atoms with E-state index < -0.39 is 10.0 Å². The van der Waals surface area contributed by atoms with Crippen LogP contribution in [-0.2, 0) is 10.0 Å². The van der Waals surface area contributed by atoms with Crippen LogP contribution in [0.1, 0.15) is 31.2 Å². The molecule has 0 spiro atoms. The molecule has 1 aliphatic heterocycles. The van der Waals surface area contributed by atoms with Crippen molar-refractivity contribution in [2.45, 2.75) is 43.5 Å². The van der Waals surface area contributed by atoms with E-state index in [1.165, 1.54) is 25.7 Å². The maximum Gasteiger partial charge on any atom is 0.243 e. The molecule has 3 atom stereocenters. The molecule has 0 N–H and O–H groups in total. The SMILES string of the molecule is Cc1ccc(S(=O)(=O)N2CCN([C@@H]3C[C@H]4CC[C@@H]3C4)CC2)cc1. The number of benzene rings is 1. The van der Waals surface area contributed by atoms with E-state index in [4.69, 9.17) is 0 Å². The summed E-state index contributed by atoms with van der Waals surface area (Å²) < 4.78 is 27.2. The quantitative estimate of drug-likeness (QED) is 0.853. The molecule has 1 aromatic carbocycles. The van der Waals surface area contributed by atoms with Gasteiger partial charge in [0.05, 0.1) is 4.90 Å². The highest BCUT2D eigenvalue weighted by atomic mass is 32.2. The van der Waals surface area contributed by atoms with Crippen molar-refractivity contribution < 1.29 is 8.42 Å². The number of hydrogen-bond donors (Lipinski definition) is 0. The molecule has 2 saturated carbocycles. The van der Waals surface area contributed by atoms with Crippen molar-refractivity contribution in [2.75, 3.05) is 26.2 Å². The Labute approximate surface area is 139 Å². The van der Waals surface area contributed by atoms with Crippen molar-refractivity contribution in [3.05, 3.63) is 29.8 Å². The summed E-state index contributed by atoms with van der Waals surface area (Å²) >= 11 is 0. The number of sulfonamides is 1. The molecule has 4 rings (SSSR count). The van der Waals surface area contributed by atoms with Crippen LogP contribution in [0.3, 0.4) is 0 Å². The van der Waals surface area contributed by atoms with Crippen LogP contribution in [-0.4, -0.2) is 49.8 Å². The summed E-state index contributed by atoms with van der Waals surface area (Å²) in [5.74, 6) is 1.82. The third-order valence-electron chi connectivity index (χ3n) is 6.10. The van der Waals surface area contributed by atoms with Gasteiger partial charge >= 0.3 is 0 Å².